The van der Waals surface area contributed by atoms with Crippen molar-refractivity contribution in [1.29, 1.82) is 0 Å². The summed E-state index contributed by atoms with van der Waals surface area (Å²) in [5, 5.41) is 10.3. The molecule has 2 aliphatic rings. The number of aromatic hydroxyl groups is 1. The van der Waals surface area contributed by atoms with Gasteiger partial charge in [0.05, 0.1) is 26.4 Å². The number of rotatable bonds is 8. The highest BCUT2D eigenvalue weighted by molar-refractivity contribution is 5.72. The van der Waals surface area contributed by atoms with E-state index in [9.17, 15) is 5.11 Å². The Bertz CT molecular complexity index is 1200. The Balaban J connectivity index is 0.000000234. The monoisotopic (exact) mass is 466 g/mol. The third-order valence-electron chi connectivity index (χ3n) is 6.05. The van der Waals surface area contributed by atoms with Gasteiger partial charge in [-0.25, -0.2) is 0 Å². The molecule has 2 fully saturated rings. The van der Waals surface area contributed by atoms with Crippen molar-refractivity contribution in [1.82, 2.24) is 0 Å². The Kier molecular flexibility index (Phi) is 7.54. The molecule has 4 aromatic rings. The highest BCUT2D eigenvalue weighted by Crippen LogP contribution is 2.32. The van der Waals surface area contributed by atoms with Crippen LogP contribution in [0.4, 0.5) is 0 Å². The largest absolute Gasteiger partial charge is 0.507 e. The van der Waals surface area contributed by atoms with E-state index < -0.39 is 0 Å². The van der Waals surface area contributed by atoms with Gasteiger partial charge in [-0.1, -0.05) is 91.0 Å². The Labute approximate surface area is 206 Å². The second-order valence-corrected chi connectivity index (χ2v) is 8.87. The second kappa shape index (κ2) is 11.3. The van der Waals surface area contributed by atoms with Crippen molar-refractivity contribution in [3.63, 3.8) is 0 Å². The highest BCUT2D eigenvalue weighted by atomic mass is 16.6. The number of benzene rings is 4. The third-order valence-corrected chi connectivity index (χ3v) is 6.05. The molecule has 0 bridgehead atoms. The number of phenols is 1. The molecule has 4 nitrogen and oxygen atoms in total. The molecule has 178 valence electrons. The van der Waals surface area contributed by atoms with Gasteiger partial charge in [0.1, 0.15) is 18.0 Å². The number of ether oxygens (including phenoxy) is 3. The predicted octanol–water partition coefficient (Wildman–Crippen LogP) is 6.12. The zero-order valence-corrected chi connectivity index (χ0v) is 19.7. The van der Waals surface area contributed by atoms with Crippen LogP contribution in [0.1, 0.15) is 11.1 Å². The molecule has 2 heterocycles. The summed E-state index contributed by atoms with van der Waals surface area (Å²) in [6, 6.07) is 34.9. The van der Waals surface area contributed by atoms with E-state index in [0.29, 0.717) is 18.0 Å². The molecule has 2 atom stereocenters. The lowest BCUT2D eigenvalue weighted by Crippen LogP contribution is -2.06. The van der Waals surface area contributed by atoms with Crippen LogP contribution in [-0.4, -0.2) is 43.7 Å². The first-order valence-electron chi connectivity index (χ1n) is 12.1. The van der Waals surface area contributed by atoms with Crippen LogP contribution in [0.5, 0.6) is 5.75 Å². The van der Waals surface area contributed by atoms with E-state index >= 15 is 0 Å². The zero-order chi connectivity index (χ0) is 23.9. The van der Waals surface area contributed by atoms with Crippen LogP contribution in [0.3, 0.4) is 0 Å². The SMILES string of the molecule is C(OCC1CO1)C1CO1.Oc1ccc(Cc2ccccc2-c2ccccc2)cc1-c1ccccc1. The van der Waals surface area contributed by atoms with E-state index in [2.05, 4.69) is 54.6 Å². The van der Waals surface area contributed by atoms with Gasteiger partial charge in [-0.2, -0.15) is 0 Å². The quantitative estimate of drug-likeness (QED) is 0.318. The summed E-state index contributed by atoms with van der Waals surface area (Å²) in [6.45, 7) is 3.26. The average molecular weight is 467 g/mol. The Morgan fingerprint density at radius 1 is 0.657 bits per heavy atom. The van der Waals surface area contributed by atoms with Gasteiger partial charge in [0, 0.05) is 5.56 Å². The van der Waals surface area contributed by atoms with E-state index in [4.69, 9.17) is 14.2 Å². The number of hydrogen-bond donors (Lipinski definition) is 1. The summed E-state index contributed by atoms with van der Waals surface area (Å²) in [7, 11) is 0. The molecule has 0 saturated carbocycles. The van der Waals surface area contributed by atoms with Crippen molar-refractivity contribution in [3.8, 4) is 28.0 Å². The first kappa shape index (κ1) is 23.3. The number of hydrogen-bond acceptors (Lipinski definition) is 4. The summed E-state index contributed by atoms with van der Waals surface area (Å²) in [5.74, 6) is 0.316. The van der Waals surface area contributed by atoms with Crippen LogP contribution in [-0.2, 0) is 20.6 Å². The molecule has 0 aromatic heterocycles. The average Bonchev–Trinajstić information content (AvgIpc) is 3.84. The van der Waals surface area contributed by atoms with Crippen LogP contribution in [0.15, 0.2) is 103 Å². The van der Waals surface area contributed by atoms with Crippen molar-refractivity contribution < 1.29 is 19.3 Å². The zero-order valence-electron chi connectivity index (χ0n) is 19.7. The molecule has 2 aliphatic heterocycles. The molecule has 6 rings (SSSR count). The normalized spacial score (nSPS) is 17.8. The minimum Gasteiger partial charge on any atom is -0.507 e. The summed E-state index contributed by atoms with van der Waals surface area (Å²) < 4.78 is 15.1. The number of epoxide rings is 2. The van der Waals surface area contributed by atoms with Gasteiger partial charge in [0.2, 0.25) is 0 Å². The summed E-state index contributed by atoms with van der Waals surface area (Å²) in [6.07, 6.45) is 1.61. The maximum Gasteiger partial charge on any atom is 0.123 e. The fourth-order valence-electron chi connectivity index (χ4n) is 4.00. The van der Waals surface area contributed by atoms with Gasteiger partial charge in [-0.15, -0.1) is 0 Å². The minimum atomic E-state index is 0.316. The molecule has 1 N–H and O–H groups in total. The van der Waals surface area contributed by atoms with E-state index in [1.54, 1.807) is 6.07 Å². The van der Waals surface area contributed by atoms with E-state index in [1.165, 1.54) is 22.3 Å². The van der Waals surface area contributed by atoms with Gasteiger partial charge in [-0.3, -0.25) is 0 Å². The first-order valence-corrected chi connectivity index (χ1v) is 12.1. The lowest BCUT2D eigenvalue weighted by atomic mass is 9.93. The molecule has 35 heavy (non-hydrogen) atoms. The molecule has 4 heteroatoms. The van der Waals surface area contributed by atoms with E-state index in [1.807, 2.05) is 42.5 Å². The standard InChI is InChI=1S/C25H20O.C6H10O3/c26-25-16-15-19(18-24(25)21-11-5-2-6-12-21)17-22-13-7-8-14-23(22)20-9-3-1-4-10-20;1(5-3-8-5)7-2-6-4-9-6/h1-16,18,26H,17H2;5-6H,1-4H2. The maximum atomic E-state index is 10.3. The molecule has 0 aliphatic carbocycles. The molecule has 0 spiro atoms. The molecule has 0 amide bonds. The van der Waals surface area contributed by atoms with E-state index in [0.717, 1.165) is 44.0 Å². The van der Waals surface area contributed by atoms with Gasteiger partial charge in [-0.05, 0) is 46.4 Å². The van der Waals surface area contributed by atoms with Crippen molar-refractivity contribution in [2.24, 2.45) is 0 Å². The van der Waals surface area contributed by atoms with Crippen LogP contribution in [0, 0.1) is 0 Å². The minimum absolute atomic E-state index is 0.316. The fraction of sp³-hybridized carbons (Fsp3) is 0.226. The van der Waals surface area contributed by atoms with Gasteiger partial charge in [0.25, 0.3) is 0 Å². The van der Waals surface area contributed by atoms with Crippen molar-refractivity contribution in [2.75, 3.05) is 26.4 Å². The lowest BCUT2D eigenvalue weighted by molar-refractivity contribution is 0.102. The molecular formula is C31H30O4. The first-order chi connectivity index (χ1) is 17.3. The Morgan fingerprint density at radius 2 is 1.20 bits per heavy atom. The lowest BCUT2D eigenvalue weighted by Gasteiger charge is -2.12. The summed E-state index contributed by atoms with van der Waals surface area (Å²) in [4.78, 5) is 0. The van der Waals surface area contributed by atoms with Gasteiger partial charge in [0.15, 0.2) is 0 Å². The summed E-state index contributed by atoms with van der Waals surface area (Å²) >= 11 is 0. The van der Waals surface area contributed by atoms with Crippen molar-refractivity contribution in [2.45, 2.75) is 18.6 Å². The van der Waals surface area contributed by atoms with Crippen LogP contribution in [0.2, 0.25) is 0 Å². The Morgan fingerprint density at radius 3 is 1.80 bits per heavy atom. The maximum absolute atomic E-state index is 10.3. The second-order valence-electron chi connectivity index (χ2n) is 8.87. The molecule has 4 aromatic carbocycles. The van der Waals surface area contributed by atoms with Crippen LogP contribution < -0.4 is 0 Å². The molecule has 2 unspecified atom stereocenters. The van der Waals surface area contributed by atoms with Crippen LogP contribution in [0.25, 0.3) is 22.3 Å². The number of phenolic OH excluding ortho intramolecular Hbond substituents is 1. The van der Waals surface area contributed by atoms with Gasteiger partial charge < -0.3 is 19.3 Å². The van der Waals surface area contributed by atoms with Gasteiger partial charge >= 0.3 is 0 Å². The van der Waals surface area contributed by atoms with Crippen molar-refractivity contribution in [3.05, 3.63) is 114 Å². The van der Waals surface area contributed by atoms with E-state index in [-0.39, 0.29) is 0 Å². The predicted molar refractivity (Wildman–Crippen MR) is 139 cm³/mol. The summed E-state index contributed by atoms with van der Waals surface area (Å²) in [5.41, 5.74) is 6.85. The topological polar surface area (TPSA) is 54.5 Å². The molecule has 0 radical (unpaired) electrons. The fourth-order valence-corrected chi connectivity index (χ4v) is 4.00. The third kappa shape index (κ3) is 6.80. The highest BCUT2D eigenvalue weighted by Gasteiger charge is 2.26. The smallest absolute Gasteiger partial charge is 0.123 e. The van der Waals surface area contributed by atoms with Crippen molar-refractivity contribution >= 4 is 0 Å². The Hall–Kier alpha value is -3.44. The molecular weight excluding hydrogens is 436 g/mol. The van der Waals surface area contributed by atoms with Crippen LogP contribution >= 0.6 is 0 Å². The molecule has 2 saturated heterocycles.